The first-order valence-corrected chi connectivity index (χ1v) is 6.87. The molecule has 2 aromatic rings. The molecular formula is C15H19N3O. The lowest BCUT2D eigenvalue weighted by molar-refractivity contribution is 0.0623. The van der Waals surface area contributed by atoms with Gasteiger partial charge in [-0.2, -0.15) is 0 Å². The summed E-state index contributed by atoms with van der Waals surface area (Å²) in [5.74, 6) is 0.110. The van der Waals surface area contributed by atoms with Crippen LogP contribution in [0.25, 0.3) is 5.52 Å². The van der Waals surface area contributed by atoms with E-state index in [-0.39, 0.29) is 11.9 Å². The Bertz CT molecular complexity index is 557. The first-order valence-electron chi connectivity index (χ1n) is 6.87. The number of amides is 1. The van der Waals surface area contributed by atoms with Gasteiger partial charge in [-0.05, 0) is 37.5 Å². The Kier molecular flexibility index (Phi) is 3.25. The van der Waals surface area contributed by atoms with Crippen LogP contribution in [0.2, 0.25) is 0 Å². The molecule has 4 heteroatoms. The van der Waals surface area contributed by atoms with Crippen LogP contribution in [0.15, 0.2) is 36.7 Å². The minimum Gasteiger partial charge on any atom is -0.334 e. The summed E-state index contributed by atoms with van der Waals surface area (Å²) < 4.78 is 1.98. The van der Waals surface area contributed by atoms with Crippen LogP contribution in [-0.2, 0) is 0 Å². The van der Waals surface area contributed by atoms with Crippen LogP contribution in [0.5, 0.6) is 0 Å². The molecule has 1 aliphatic rings. The molecule has 1 aliphatic heterocycles. The molecular weight excluding hydrogens is 238 g/mol. The van der Waals surface area contributed by atoms with E-state index in [0.29, 0.717) is 6.54 Å². The highest BCUT2D eigenvalue weighted by atomic mass is 16.2. The second-order valence-electron chi connectivity index (χ2n) is 5.15. The number of likely N-dealkylation sites (tertiary alicyclic amines) is 1. The molecule has 1 fully saturated rings. The number of carbonyl (C=O) groups is 1. The molecule has 2 aromatic heterocycles. The van der Waals surface area contributed by atoms with Gasteiger partial charge in [0, 0.05) is 37.0 Å². The summed E-state index contributed by atoms with van der Waals surface area (Å²) in [4.78, 5) is 14.5. The van der Waals surface area contributed by atoms with E-state index in [2.05, 4.69) is 0 Å². The second kappa shape index (κ2) is 5.05. The van der Waals surface area contributed by atoms with E-state index < -0.39 is 0 Å². The molecule has 0 aromatic carbocycles. The van der Waals surface area contributed by atoms with Gasteiger partial charge in [-0.15, -0.1) is 0 Å². The molecule has 3 heterocycles. The Morgan fingerprint density at radius 1 is 1.37 bits per heavy atom. The zero-order valence-corrected chi connectivity index (χ0v) is 11.0. The van der Waals surface area contributed by atoms with Gasteiger partial charge in [0.05, 0.1) is 5.56 Å². The molecule has 2 N–H and O–H groups in total. The van der Waals surface area contributed by atoms with Gasteiger partial charge >= 0.3 is 0 Å². The van der Waals surface area contributed by atoms with Gasteiger partial charge in [0.15, 0.2) is 0 Å². The number of hydrogen-bond donors (Lipinski definition) is 1. The third-order valence-corrected chi connectivity index (χ3v) is 3.91. The summed E-state index contributed by atoms with van der Waals surface area (Å²) in [6.07, 6.45) is 7.14. The fourth-order valence-corrected chi connectivity index (χ4v) is 2.85. The van der Waals surface area contributed by atoms with Gasteiger partial charge in [0.2, 0.25) is 0 Å². The number of nitrogens with zero attached hydrogens (tertiary/aromatic N) is 2. The number of hydrogen-bond acceptors (Lipinski definition) is 2. The normalized spacial score (nSPS) is 19.8. The summed E-state index contributed by atoms with van der Waals surface area (Å²) >= 11 is 0. The highest BCUT2D eigenvalue weighted by molar-refractivity contribution is 5.96. The second-order valence-corrected chi connectivity index (χ2v) is 5.15. The number of piperidine rings is 1. The Morgan fingerprint density at radius 2 is 2.26 bits per heavy atom. The van der Waals surface area contributed by atoms with E-state index in [1.54, 1.807) is 0 Å². The summed E-state index contributed by atoms with van der Waals surface area (Å²) in [6, 6.07) is 8.10. The molecule has 0 aliphatic carbocycles. The first kappa shape index (κ1) is 12.2. The molecule has 4 nitrogen and oxygen atoms in total. The Balaban J connectivity index is 1.89. The summed E-state index contributed by atoms with van der Waals surface area (Å²) in [5, 5.41) is 0. The van der Waals surface area contributed by atoms with Crippen molar-refractivity contribution in [2.45, 2.75) is 25.3 Å². The van der Waals surface area contributed by atoms with Crippen molar-refractivity contribution >= 4 is 11.4 Å². The van der Waals surface area contributed by atoms with Crippen molar-refractivity contribution in [2.24, 2.45) is 5.73 Å². The molecule has 0 spiro atoms. The quantitative estimate of drug-likeness (QED) is 0.893. The monoisotopic (exact) mass is 257 g/mol. The number of carbonyl (C=O) groups excluding carboxylic acids is 1. The third-order valence-electron chi connectivity index (χ3n) is 3.91. The van der Waals surface area contributed by atoms with Crippen LogP contribution < -0.4 is 5.73 Å². The third kappa shape index (κ3) is 2.24. The summed E-state index contributed by atoms with van der Waals surface area (Å²) in [5.41, 5.74) is 7.59. The minimum atomic E-state index is 0.110. The van der Waals surface area contributed by atoms with Crippen LogP contribution >= 0.6 is 0 Å². The molecule has 3 rings (SSSR count). The highest BCUT2D eigenvalue weighted by Gasteiger charge is 2.26. The van der Waals surface area contributed by atoms with Crippen molar-refractivity contribution in [3.63, 3.8) is 0 Å². The zero-order valence-electron chi connectivity index (χ0n) is 11.0. The van der Waals surface area contributed by atoms with Crippen molar-refractivity contribution in [2.75, 3.05) is 13.1 Å². The molecule has 1 atom stereocenters. The topological polar surface area (TPSA) is 50.7 Å². The fraction of sp³-hybridized carbons (Fsp3) is 0.400. The largest absolute Gasteiger partial charge is 0.334 e. The van der Waals surface area contributed by atoms with Crippen LogP contribution in [-0.4, -0.2) is 34.3 Å². The van der Waals surface area contributed by atoms with Crippen LogP contribution in [0.4, 0.5) is 0 Å². The first-order chi connectivity index (χ1) is 9.29. The number of aromatic nitrogens is 1. The molecule has 0 saturated carbocycles. The van der Waals surface area contributed by atoms with E-state index >= 15 is 0 Å². The summed E-state index contributed by atoms with van der Waals surface area (Å²) in [7, 11) is 0. The maximum absolute atomic E-state index is 12.6. The lowest BCUT2D eigenvalue weighted by Crippen LogP contribution is -2.47. The lowest BCUT2D eigenvalue weighted by Gasteiger charge is -2.34. The molecule has 0 bridgehead atoms. The molecule has 1 amide bonds. The number of fused-ring (bicyclic) bond motifs is 1. The van der Waals surface area contributed by atoms with Crippen molar-refractivity contribution in [1.82, 2.24) is 9.30 Å². The average Bonchev–Trinajstić information content (AvgIpc) is 2.90. The molecule has 0 radical (unpaired) electrons. The van der Waals surface area contributed by atoms with Gasteiger partial charge in [0.1, 0.15) is 0 Å². The number of nitrogens with two attached hydrogens (primary N) is 1. The lowest BCUT2D eigenvalue weighted by atomic mass is 10.0. The van der Waals surface area contributed by atoms with E-state index in [1.807, 2.05) is 46.0 Å². The molecule has 19 heavy (non-hydrogen) atoms. The van der Waals surface area contributed by atoms with Gasteiger partial charge in [-0.3, -0.25) is 4.79 Å². The van der Waals surface area contributed by atoms with Gasteiger partial charge in [-0.1, -0.05) is 6.07 Å². The standard InChI is InChI=1S/C15H19N3O/c16-10-14-6-2-4-8-18(14)15(19)12-9-13-5-1-3-7-17(13)11-12/h1,3,5,7,9,11,14H,2,4,6,8,10,16H2. The van der Waals surface area contributed by atoms with E-state index in [4.69, 9.17) is 5.73 Å². The smallest absolute Gasteiger partial charge is 0.255 e. The SMILES string of the molecule is NCC1CCCCN1C(=O)c1cc2ccccn2c1. The van der Waals surface area contributed by atoms with Crippen molar-refractivity contribution < 1.29 is 4.79 Å². The number of pyridine rings is 1. The Labute approximate surface area is 112 Å². The van der Waals surface area contributed by atoms with E-state index in [0.717, 1.165) is 30.5 Å². The predicted octanol–water partition coefficient (Wildman–Crippen LogP) is 1.89. The van der Waals surface area contributed by atoms with Crippen molar-refractivity contribution in [1.29, 1.82) is 0 Å². The molecule has 1 unspecified atom stereocenters. The van der Waals surface area contributed by atoms with Crippen molar-refractivity contribution in [3.05, 3.63) is 42.2 Å². The van der Waals surface area contributed by atoms with E-state index in [9.17, 15) is 4.79 Å². The predicted molar refractivity (Wildman–Crippen MR) is 75.1 cm³/mol. The van der Waals surface area contributed by atoms with Crippen molar-refractivity contribution in [3.8, 4) is 0 Å². The van der Waals surface area contributed by atoms with Gasteiger partial charge < -0.3 is 15.0 Å². The molecule has 100 valence electrons. The minimum absolute atomic E-state index is 0.110. The van der Waals surface area contributed by atoms with Crippen LogP contribution in [0.3, 0.4) is 0 Å². The van der Waals surface area contributed by atoms with Gasteiger partial charge in [0.25, 0.3) is 5.91 Å². The van der Waals surface area contributed by atoms with Crippen LogP contribution in [0.1, 0.15) is 29.6 Å². The Morgan fingerprint density at radius 3 is 3.05 bits per heavy atom. The maximum Gasteiger partial charge on any atom is 0.255 e. The highest BCUT2D eigenvalue weighted by Crippen LogP contribution is 2.20. The maximum atomic E-state index is 12.6. The Hall–Kier alpha value is -1.81. The van der Waals surface area contributed by atoms with Crippen LogP contribution in [0, 0.1) is 0 Å². The fourth-order valence-electron chi connectivity index (χ4n) is 2.85. The molecule has 1 saturated heterocycles. The van der Waals surface area contributed by atoms with Gasteiger partial charge in [-0.25, -0.2) is 0 Å². The van der Waals surface area contributed by atoms with E-state index in [1.165, 1.54) is 6.42 Å². The average molecular weight is 257 g/mol. The summed E-state index contributed by atoms with van der Waals surface area (Å²) in [6.45, 7) is 1.38. The number of rotatable bonds is 2. The zero-order chi connectivity index (χ0) is 13.2.